The third-order valence-electron chi connectivity index (χ3n) is 17.0. The van der Waals surface area contributed by atoms with E-state index in [1.54, 1.807) is 13.8 Å². The fourth-order valence-electron chi connectivity index (χ4n) is 14.0. The van der Waals surface area contributed by atoms with Gasteiger partial charge in [-0.1, -0.05) is 34.6 Å². The summed E-state index contributed by atoms with van der Waals surface area (Å²) in [7, 11) is 0. The molecule has 318 valence electrons. The first-order chi connectivity index (χ1) is 25.4. The van der Waals surface area contributed by atoms with Crippen molar-refractivity contribution in [3.8, 4) is 0 Å². The third kappa shape index (κ3) is 6.50. The van der Waals surface area contributed by atoms with Gasteiger partial charge in [-0.3, -0.25) is 0 Å². The fraction of sp³-hybridized carbons (Fsp3) is 1.00. The minimum Gasteiger partial charge on any atom is -0.394 e. The average Bonchev–Trinajstić information content (AvgIpc) is 3.65. The van der Waals surface area contributed by atoms with E-state index in [1.807, 2.05) is 0 Å². The van der Waals surface area contributed by atoms with Crippen molar-refractivity contribution in [1.82, 2.24) is 0 Å². The minimum atomic E-state index is -1.71. The Morgan fingerprint density at radius 2 is 1.38 bits per heavy atom. The number of hydrogen-bond acceptors (Lipinski definition) is 14. The van der Waals surface area contributed by atoms with Gasteiger partial charge in [0.1, 0.15) is 48.8 Å². The van der Waals surface area contributed by atoms with Crippen LogP contribution < -0.4 is 0 Å². The smallest absolute Gasteiger partial charge is 0.187 e. The minimum absolute atomic E-state index is 0.00908. The summed E-state index contributed by atoms with van der Waals surface area (Å²) in [5.41, 5.74) is -2.61. The van der Waals surface area contributed by atoms with E-state index >= 15 is 0 Å². The number of fused-ring (bicyclic) bond motifs is 5. The number of aliphatic hydroxyl groups excluding tert-OH is 8. The Morgan fingerprint density at radius 3 is 2.02 bits per heavy atom. The monoisotopic (exact) mass is 786 g/mol. The van der Waals surface area contributed by atoms with Crippen molar-refractivity contribution in [2.45, 2.75) is 198 Å². The van der Waals surface area contributed by atoms with Gasteiger partial charge in [-0.25, -0.2) is 0 Å². The van der Waals surface area contributed by atoms with Gasteiger partial charge in [-0.15, -0.1) is 0 Å². The van der Waals surface area contributed by atoms with Crippen LogP contribution in [0.25, 0.3) is 0 Å². The molecular weight excluding hydrogens is 716 g/mol. The van der Waals surface area contributed by atoms with Crippen molar-refractivity contribution in [3.63, 3.8) is 0 Å². The molecule has 21 atom stereocenters. The Labute approximate surface area is 325 Å². The van der Waals surface area contributed by atoms with Crippen molar-refractivity contribution in [2.24, 2.45) is 45.3 Å². The molecule has 55 heavy (non-hydrogen) atoms. The second kappa shape index (κ2) is 14.3. The van der Waals surface area contributed by atoms with Crippen LogP contribution >= 0.6 is 0 Å². The van der Waals surface area contributed by atoms with Crippen LogP contribution in [0.15, 0.2) is 0 Å². The summed E-state index contributed by atoms with van der Waals surface area (Å²) in [6, 6.07) is 0. The summed E-state index contributed by atoms with van der Waals surface area (Å²) in [4.78, 5) is 0. The van der Waals surface area contributed by atoms with E-state index in [4.69, 9.17) is 23.7 Å². The summed E-state index contributed by atoms with van der Waals surface area (Å²) in [5.74, 6) is 0.473. The first-order valence-corrected chi connectivity index (χ1v) is 20.8. The van der Waals surface area contributed by atoms with Gasteiger partial charge >= 0.3 is 0 Å². The molecule has 0 bridgehead atoms. The second-order valence-electron chi connectivity index (χ2n) is 20.8. The Hall–Kier alpha value is -0.560. The van der Waals surface area contributed by atoms with Gasteiger partial charge in [-0.2, -0.15) is 0 Å². The SMILES string of the molecule is CC(C)(O)[C@H]1O[C@](C)([C@H]2CC[C@]3(C)[C@@H]2[C@H](O)C[C@@H]2[C@@]4(C)CC[C@H](O[C@@H]5OC[C@@H](O)[C@H](O)[C@H]5O[C@@H]5O[C@H](CO)[C@@H](O)[C@H](O)[C@H]5O)C(C)(C)[C@@H]4CC[C@]23C)C[C@H]1O. The first-order valence-electron chi connectivity index (χ1n) is 20.8. The van der Waals surface area contributed by atoms with Crippen LogP contribution in [0.4, 0.5) is 0 Å². The van der Waals surface area contributed by atoms with Crippen LogP contribution in [0.5, 0.6) is 0 Å². The molecule has 0 aromatic heterocycles. The summed E-state index contributed by atoms with van der Waals surface area (Å²) in [6.45, 7) is 16.2. The molecule has 4 saturated carbocycles. The topological polar surface area (TPSA) is 228 Å². The van der Waals surface area contributed by atoms with Gasteiger partial charge in [0.2, 0.25) is 0 Å². The molecule has 0 radical (unpaired) electrons. The molecule has 4 aliphatic carbocycles. The molecule has 9 N–H and O–H groups in total. The highest BCUT2D eigenvalue weighted by atomic mass is 16.8. The standard InChI is InChI=1S/C41H70O14/c1-36(2)24-10-14-39(6)25(15-20(43)27-19(9-13-40(27,39)7)41(8)16-21(44)33(55-41)37(3,4)50)38(24,5)12-11-26(36)53-35-32(28(46)22(45)18-51-35)54-34-31(49)30(48)29(47)23(17-42)52-34/h19-35,42-50H,9-18H2,1-8H3/t19-,20+,21+,22+,23+,24-,25+,26-,27-,28-,29+,30-,31+,32+,33-,34-,35-,38-,39+,40+,41-/m0/s1. The maximum Gasteiger partial charge on any atom is 0.187 e. The second-order valence-corrected chi connectivity index (χ2v) is 20.8. The third-order valence-corrected chi connectivity index (χ3v) is 17.0. The summed E-state index contributed by atoms with van der Waals surface area (Å²) < 4.78 is 30.8. The van der Waals surface area contributed by atoms with Crippen molar-refractivity contribution in [2.75, 3.05) is 13.2 Å². The Morgan fingerprint density at radius 1 is 0.709 bits per heavy atom. The van der Waals surface area contributed by atoms with Crippen molar-refractivity contribution < 1.29 is 69.6 Å². The quantitative estimate of drug-likeness (QED) is 0.164. The zero-order valence-corrected chi connectivity index (χ0v) is 34.0. The van der Waals surface area contributed by atoms with Crippen LogP contribution in [0.1, 0.15) is 107 Å². The van der Waals surface area contributed by atoms with Crippen LogP contribution in [-0.4, -0.2) is 150 Å². The van der Waals surface area contributed by atoms with Crippen LogP contribution in [0, 0.1) is 45.3 Å². The summed E-state index contributed by atoms with van der Waals surface area (Å²) >= 11 is 0. The van der Waals surface area contributed by atoms with Gasteiger partial charge < -0.3 is 69.6 Å². The lowest BCUT2D eigenvalue weighted by Gasteiger charge is -2.70. The molecule has 7 rings (SSSR count). The average molecular weight is 787 g/mol. The molecule has 14 nitrogen and oxygen atoms in total. The maximum atomic E-state index is 12.3. The predicted molar refractivity (Wildman–Crippen MR) is 196 cm³/mol. The van der Waals surface area contributed by atoms with E-state index in [0.717, 1.165) is 32.1 Å². The van der Waals surface area contributed by atoms with Crippen LogP contribution in [-0.2, 0) is 23.7 Å². The number of ether oxygens (including phenoxy) is 5. The van der Waals surface area contributed by atoms with E-state index in [-0.39, 0.29) is 58.0 Å². The van der Waals surface area contributed by atoms with E-state index in [0.29, 0.717) is 19.3 Å². The molecular formula is C41H70O14. The lowest BCUT2D eigenvalue weighted by atomic mass is 9.35. The lowest BCUT2D eigenvalue weighted by molar-refractivity contribution is -0.367. The van der Waals surface area contributed by atoms with Crippen molar-refractivity contribution in [3.05, 3.63) is 0 Å². The molecule has 0 spiro atoms. The molecule has 0 aromatic carbocycles. The number of rotatable bonds is 7. The van der Waals surface area contributed by atoms with Crippen molar-refractivity contribution in [1.29, 1.82) is 0 Å². The van der Waals surface area contributed by atoms with Crippen LogP contribution in [0.2, 0.25) is 0 Å². The highest BCUT2D eigenvalue weighted by Gasteiger charge is 2.72. The Kier molecular flexibility index (Phi) is 11.1. The molecule has 3 saturated heterocycles. The van der Waals surface area contributed by atoms with Crippen LogP contribution in [0.3, 0.4) is 0 Å². The molecule has 14 heteroatoms. The van der Waals surface area contributed by atoms with Gasteiger partial charge in [0, 0.05) is 6.42 Å². The largest absolute Gasteiger partial charge is 0.394 e. The van der Waals surface area contributed by atoms with E-state index < -0.39 is 91.4 Å². The lowest BCUT2D eigenvalue weighted by Crippen LogP contribution is -2.67. The highest BCUT2D eigenvalue weighted by molar-refractivity contribution is 5.21. The molecule has 0 unspecified atom stereocenters. The fourth-order valence-corrected chi connectivity index (χ4v) is 14.0. The van der Waals surface area contributed by atoms with Gasteiger partial charge in [0.15, 0.2) is 12.6 Å². The molecule has 7 fully saturated rings. The summed E-state index contributed by atoms with van der Waals surface area (Å²) in [6.07, 6.45) is -9.03. The Balaban J connectivity index is 1.10. The summed E-state index contributed by atoms with van der Waals surface area (Å²) in [5, 5.41) is 96.8. The predicted octanol–water partition coefficient (Wildman–Crippen LogP) is 0.970. The number of aliphatic hydroxyl groups is 9. The number of hydrogen-bond donors (Lipinski definition) is 9. The van der Waals surface area contributed by atoms with Gasteiger partial charge in [0.05, 0.1) is 42.7 Å². The Bertz CT molecular complexity index is 1390. The van der Waals surface area contributed by atoms with Gasteiger partial charge in [-0.05, 0) is 111 Å². The maximum absolute atomic E-state index is 12.3. The first kappa shape index (κ1) is 42.6. The zero-order valence-electron chi connectivity index (χ0n) is 34.0. The van der Waals surface area contributed by atoms with E-state index in [9.17, 15) is 46.0 Å². The van der Waals surface area contributed by atoms with Gasteiger partial charge in [0.25, 0.3) is 0 Å². The molecule has 3 aliphatic heterocycles. The zero-order chi connectivity index (χ0) is 40.4. The molecule has 0 amide bonds. The molecule has 7 aliphatic rings. The highest BCUT2D eigenvalue weighted by Crippen LogP contribution is 2.76. The van der Waals surface area contributed by atoms with E-state index in [2.05, 4.69) is 41.5 Å². The van der Waals surface area contributed by atoms with Crippen molar-refractivity contribution >= 4 is 0 Å². The molecule has 3 heterocycles. The molecule has 0 aromatic rings. The normalized spacial score (nSPS) is 56.8. The van der Waals surface area contributed by atoms with E-state index in [1.165, 1.54) is 0 Å².